The Balaban J connectivity index is 3.70. The van der Waals surface area contributed by atoms with Gasteiger partial charge in [0.1, 0.15) is 11.0 Å². The van der Waals surface area contributed by atoms with Crippen molar-refractivity contribution in [2.24, 2.45) is 0 Å². The molecule has 1 atom stereocenters. The molecule has 0 saturated heterocycles. The lowest BCUT2D eigenvalue weighted by Gasteiger charge is -2.19. The van der Waals surface area contributed by atoms with Crippen molar-refractivity contribution in [1.29, 1.82) is 0 Å². The molecule has 0 fully saturated rings. The molecular weight excluding hydrogens is 286 g/mol. The van der Waals surface area contributed by atoms with E-state index in [1.807, 2.05) is 0 Å². The van der Waals surface area contributed by atoms with Crippen molar-refractivity contribution in [1.82, 2.24) is 16.0 Å². The number of alkyl halides is 1. The Morgan fingerprint density at radius 3 is 2.15 bits per heavy atom. The van der Waals surface area contributed by atoms with Crippen molar-refractivity contribution < 1.29 is 19.1 Å². The monoisotopic (exact) mass is 307 g/mol. The first kappa shape index (κ1) is 18.5. The summed E-state index contributed by atoms with van der Waals surface area (Å²) in [6, 6.07) is 0. The van der Waals surface area contributed by atoms with Crippen LogP contribution in [0.3, 0.4) is 0 Å². The van der Waals surface area contributed by atoms with E-state index in [-0.39, 0.29) is 31.4 Å². The van der Waals surface area contributed by atoms with Crippen molar-refractivity contribution in [2.45, 2.75) is 38.7 Å². The minimum atomic E-state index is -0.656. The zero-order valence-corrected chi connectivity index (χ0v) is 13.0. The van der Waals surface area contributed by atoms with Gasteiger partial charge in [-0.05, 0) is 27.7 Å². The summed E-state index contributed by atoms with van der Waals surface area (Å²) in [5, 5.41) is 6.78. The fraction of sp³-hybridized carbons (Fsp3) is 0.750. The molecule has 0 aliphatic heterocycles. The lowest BCUT2D eigenvalue weighted by molar-refractivity contribution is -0.122. The summed E-state index contributed by atoms with van der Waals surface area (Å²) in [5.74, 6) is -0.670. The minimum Gasteiger partial charge on any atom is -0.444 e. The Morgan fingerprint density at radius 2 is 1.65 bits per heavy atom. The average molecular weight is 308 g/mol. The molecule has 20 heavy (non-hydrogen) atoms. The van der Waals surface area contributed by atoms with E-state index in [9.17, 15) is 14.4 Å². The van der Waals surface area contributed by atoms with Gasteiger partial charge in [-0.2, -0.15) is 0 Å². The smallest absolute Gasteiger partial charge is 0.408 e. The van der Waals surface area contributed by atoms with Gasteiger partial charge in [-0.15, -0.1) is 11.6 Å². The molecule has 0 aliphatic carbocycles. The van der Waals surface area contributed by atoms with Crippen LogP contribution in [0.15, 0.2) is 0 Å². The number of nitrogens with one attached hydrogen (secondary N) is 3. The highest BCUT2D eigenvalue weighted by Gasteiger charge is 2.16. The van der Waals surface area contributed by atoms with Crippen LogP contribution in [0.5, 0.6) is 0 Å². The molecule has 0 saturated carbocycles. The van der Waals surface area contributed by atoms with Crippen LogP contribution in [0.25, 0.3) is 0 Å². The standard InChI is InChI=1S/C12H22ClN3O4/c1-8(13)10(18)15-6-5-14-9(17)7-16-11(19)20-12(2,3)4/h8H,5-7H2,1-4H3,(H,14,17)(H,15,18)(H,16,19). The SMILES string of the molecule is CC(Cl)C(=O)NCCNC(=O)CNC(=O)OC(C)(C)C. The molecule has 0 aliphatic rings. The number of carbonyl (C=O) groups is 3. The molecule has 0 aromatic heterocycles. The largest absolute Gasteiger partial charge is 0.444 e. The van der Waals surface area contributed by atoms with Crippen molar-refractivity contribution >= 4 is 29.5 Å². The van der Waals surface area contributed by atoms with Crippen LogP contribution in [0.2, 0.25) is 0 Å². The van der Waals surface area contributed by atoms with Gasteiger partial charge in [0.2, 0.25) is 11.8 Å². The summed E-state index contributed by atoms with van der Waals surface area (Å²) >= 11 is 5.55. The number of alkyl carbamates (subject to hydrolysis) is 1. The molecule has 0 rings (SSSR count). The maximum absolute atomic E-state index is 11.4. The van der Waals surface area contributed by atoms with E-state index < -0.39 is 17.1 Å². The highest BCUT2D eigenvalue weighted by molar-refractivity contribution is 6.30. The first-order valence-electron chi connectivity index (χ1n) is 6.27. The summed E-state index contributed by atoms with van der Waals surface area (Å²) in [7, 11) is 0. The van der Waals surface area contributed by atoms with Crippen LogP contribution < -0.4 is 16.0 Å². The number of hydrogen-bond donors (Lipinski definition) is 3. The topological polar surface area (TPSA) is 96.5 Å². The molecule has 3 amide bonds. The summed E-state index contributed by atoms with van der Waals surface area (Å²) in [4.78, 5) is 33.7. The second kappa shape index (κ2) is 8.63. The van der Waals surface area contributed by atoms with Crippen molar-refractivity contribution in [3.8, 4) is 0 Å². The Bertz CT molecular complexity index is 353. The Hall–Kier alpha value is -1.50. The van der Waals surface area contributed by atoms with Crippen LogP contribution in [-0.2, 0) is 14.3 Å². The molecule has 0 spiro atoms. The maximum Gasteiger partial charge on any atom is 0.408 e. The molecule has 116 valence electrons. The van der Waals surface area contributed by atoms with E-state index in [1.165, 1.54) is 0 Å². The van der Waals surface area contributed by atoms with Gasteiger partial charge in [0.15, 0.2) is 0 Å². The Morgan fingerprint density at radius 1 is 1.10 bits per heavy atom. The summed E-state index contributed by atoms with van der Waals surface area (Å²) in [6.07, 6.45) is -0.656. The molecule has 0 aromatic rings. The first-order valence-corrected chi connectivity index (χ1v) is 6.71. The van der Waals surface area contributed by atoms with Gasteiger partial charge in [-0.1, -0.05) is 0 Å². The van der Waals surface area contributed by atoms with Gasteiger partial charge in [0.25, 0.3) is 0 Å². The van der Waals surface area contributed by atoms with E-state index in [1.54, 1.807) is 27.7 Å². The second-order valence-electron chi connectivity index (χ2n) is 5.11. The van der Waals surface area contributed by atoms with E-state index in [4.69, 9.17) is 16.3 Å². The lowest BCUT2D eigenvalue weighted by atomic mass is 10.2. The van der Waals surface area contributed by atoms with E-state index in [0.717, 1.165) is 0 Å². The fourth-order valence-corrected chi connectivity index (χ4v) is 1.13. The molecule has 0 radical (unpaired) electrons. The van der Waals surface area contributed by atoms with Gasteiger partial charge in [0, 0.05) is 13.1 Å². The number of ether oxygens (including phenoxy) is 1. The Kier molecular flexibility index (Phi) is 7.98. The lowest BCUT2D eigenvalue weighted by Crippen LogP contribution is -2.42. The summed E-state index contributed by atoms with van der Waals surface area (Å²) in [6.45, 7) is 7.08. The number of halogens is 1. The second-order valence-corrected chi connectivity index (χ2v) is 5.77. The average Bonchev–Trinajstić information content (AvgIpc) is 2.29. The molecule has 0 aromatic carbocycles. The predicted octanol–water partition coefficient (Wildman–Crippen LogP) is 0.371. The number of carbonyl (C=O) groups excluding carboxylic acids is 3. The highest BCUT2D eigenvalue weighted by Crippen LogP contribution is 2.05. The number of hydrogen-bond acceptors (Lipinski definition) is 4. The Labute approximate surface area is 123 Å². The van der Waals surface area contributed by atoms with Crippen LogP contribution in [0.4, 0.5) is 4.79 Å². The highest BCUT2D eigenvalue weighted by atomic mass is 35.5. The third kappa shape index (κ3) is 10.4. The van der Waals surface area contributed by atoms with Crippen molar-refractivity contribution in [2.75, 3.05) is 19.6 Å². The predicted molar refractivity (Wildman–Crippen MR) is 75.6 cm³/mol. The molecule has 3 N–H and O–H groups in total. The zero-order valence-electron chi connectivity index (χ0n) is 12.2. The fourth-order valence-electron chi connectivity index (χ4n) is 1.06. The van der Waals surface area contributed by atoms with E-state index >= 15 is 0 Å². The minimum absolute atomic E-state index is 0.186. The third-order valence-corrected chi connectivity index (χ3v) is 2.10. The molecule has 0 bridgehead atoms. The van der Waals surface area contributed by atoms with Crippen LogP contribution in [-0.4, -0.2) is 48.5 Å². The number of amides is 3. The van der Waals surface area contributed by atoms with E-state index in [0.29, 0.717) is 0 Å². The van der Waals surface area contributed by atoms with Crippen LogP contribution >= 0.6 is 11.6 Å². The normalized spacial score (nSPS) is 12.2. The summed E-state index contributed by atoms with van der Waals surface area (Å²) in [5.41, 5.74) is -0.608. The molecule has 7 nitrogen and oxygen atoms in total. The maximum atomic E-state index is 11.4. The van der Waals surface area contributed by atoms with Crippen molar-refractivity contribution in [3.63, 3.8) is 0 Å². The van der Waals surface area contributed by atoms with Crippen LogP contribution in [0.1, 0.15) is 27.7 Å². The van der Waals surface area contributed by atoms with Crippen LogP contribution in [0, 0.1) is 0 Å². The molecule has 8 heteroatoms. The van der Waals surface area contributed by atoms with E-state index in [2.05, 4.69) is 16.0 Å². The molecular formula is C12H22ClN3O4. The van der Waals surface area contributed by atoms with Gasteiger partial charge in [-0.3, -0.25) is 9.59 Å². The molecule has 1 unspecified atom stereocenters. The zero-order chi connectivity index (χ0) is 15.8. The summed E-state index contributed by atoms with van der Waals surface area (Å²) < 4.78 is 4.97. The molecule has 0 heterocycles. The van der Waals surface area contributed by atoms with Gasteiger partial charge in [0.05, 0.1) is 6.54 Å². The van der Waals surface area contributed by atoms with Gasteiger partial charge >= 0.3 is 6.09 Å². The third-order valence-electron chi connectivity index (χ3n) is 1.90. The van der Waals surface area contributed by atoms with Gasteiger partial charge in [-0.25, -0.2) is 4.79 Å². The first-order chi connectivity index (χ1) is 9.11. The number of rotatable bonds is 6. The van der Waals surface area contributed by atoms with Crippen molar-refractivity contribution in [3.05, 3.63) is 0 Å². The van der Waals surface area contributed by atoms with Gasteiger partial charge < -0.3 is 20.7 Å². The quantitative estimate of drug-likeness (QED) is 0.488.